The molecule has 1 aromatic carbocycles. The van der Waals surface area contributed by atoms with Crippen molar-refractivity contribution in [1.82, 2.24) is 30.2 Å². The highest BCUT2D eigenvalue weighted by Gasteiger charge is 2.29. The lowest BCUT2D eigenvalue weighted by molar-refractivity contribution is -0.115. The van der Waals surface area contributed by atoms with Crippen molar-refractivity contribution in [2.24, 2.45) is 0 Å². The SMILES string of the molecule is CC(Sc1nnnn1C1CC1)C(=O)Nc1ccc(S(=O)(=O)Nc2ncccn2)cc1. The average Bonchev–Trinajstić information content (AvgIpc) is 3.47. The minimum Gasteiger partial charge on any atom is -0.325 e. The van der Waals surface area contributed by atoms with Crippen LogP contribution in [-0.4, -0.2) is 49.8 Å². The van der Waals surface area contributed by atoms with Gasteiger partial charge in [-0.25, -0.2) is 27.8 Å². The van der Waals surface area contributed by atoms with Crippen molar-refractivity contribution < 1.29 is 13.2 Å². The van der Waals surface area contributed by atoms with Gasteiger partial charge in [-0.1, -0.05) is 11.8 Å². The van der Waals surface area contributed by atoms with Crippen LogP contribution in [0.2, 0.25) is 0 Å². The molecule has 3 aromatic rings. The van der Waals surface area contributed by atoms with E-state index in [1.54, 1.807) is 17.7 Å². The maximum Gasteiger partial charge on any atom is 0.264 e. The van der Waals surface area contributed by atoms with E-state index in [0.29, 0.717) is 16.9 Å². The molecular weight excluding hydrogens is 428 g/mol. The second kappa shape index (κ2) is 8.36. The molecule has 1 saturated carbocycles. The van der Waals surface area contributed by atoms with Crippen molar-refractivity contribution in [2.45, 2.75) is 41.1 Å². The van der Waals surface area contributed by atoms with Gasteiger partial charge in [0, 0.05) is 18.1 Å². The first-order chi connectivity index (χ1) is 14.4. The summed E-state index contributed by atoms with van der Waals surface area (Å²) in [6, 6.07) is 7.73. The maximum atomic E-state index is 12.5. The Labute approximate surface area is 176 Å². The van der Waals surface area contributed by atoms with E-state index in [9.17, 15) is 13.2 Å². The van der Waals surface area contributed by atoms with Gasteiger partial charge in [0.25, 0.3) is 10.0 Å². The zero-order chi connectivity index (χ0) is 21.1. The van der Waals surface area contributed by atoms with Crippen molar-refractivity contribution in [3.63, 3.8) is 0 Å². The van der Waals surface area contributed by atoms with E-state index in [1.165, 1.54) is 48.4 Å². The first-order valence-electron chi connectivity index (χ1n) is 9.08. The van der Waals surface area contributed by atoms with Crippen molar-refractivity contribution >= 4 is 39.3 Å². The van der Waals surface area contributed by atoms with Crippen LogP contribution < -0.4 is 10.0 Å². The van der Waals surface area contributed by atoms with E-state index in [0.717, 1.165) is 12.8 Å². The summed E-state index contributed by atoms with van der Waals surface area (Å²) < 4.78 is 28.9. The second-order valence-corrected chi connectivity index (χ2v) is 9.58. The number of amides is 1. The van der Waals surface area contributed by atoms with E-state index >= 15 is 0 Å². The molecule has 13 heteroatoms. The van der Waals surface area contributed by atoms with Gasteiger partial charge in [-0.2, -0.15) is 0 Å². The molecular formula is C17H18N8O3S2. The van der Waals surface area contributed by atoms with Gasteiger partial charge in [0.1, 0.15) is 0 Å². The zero-order valence-corrected chi connectivity index (χ0v) is 17.5. The lowest BCUT2D eigenvalue weighted by Gasteiger charge is -2.12. The lowest BCUT2D eigenvalue weighted by atomic mass is 10.3. The molecule has 0 spiro atoms. The Morgan fingerprint density at radius 2 is 1.90 bits per heavy atom. The molecule has 1 atom stereocenters. The number of nitrogens with zero attached hydrogens (tertiary/aromatic N) is 6. The molecule has 0 aliphatic heterocycles. The van der Waals surface area contributed by atoms with E-state index in [4.69, 9.17) is 0 Å². The Balaban J connectivity index is 1.37. The van der Waals surface area contributed by atoms with Crippen LogP contribution in [0.5, 0.6) is 0 Å². The molecule has 0 bridgehead atoms. The summed E-state index contributed by atoms with van der Waals surface area (Å²) in [6.07, 6.45) is 4.96. The van der Waals surface area contributed by atoms with E-state index in [-0.39, 0.29) is 16.8 Å². The van der Waals surface area contributed by atoms with Crippen LogP contribution in [0.25, 0.3) is 0 Å². The van der Waals surface area contributed by atoms with Crippen LogP contribution in [0.15, 0.2) is 52.8 Å². The molecule has 1 aliphatic carbocycles. The number of anilines is 2. The minimum atomic E-state index is -3.83. The summed E-state index contributed by atoms with van der Waals surface area (Å²) in [4.78, 5) is 20.2. The fourth-order valence-electron chi connectivity index (χ4n) is 2.52. The molecule has 0 radical (unpaired) electrons. The Hall–Kier alpha value is -3.06. The molecule has 11 nitrogen and oxygen atoms in total. The topological polar surface area (TPSA) is 145 Å². The van der Waals surface area contributed by atoms with Gasteiger partial charge in [0.2, 0.25) is 17.0 Å². The van der Waals surface area contributed by atoms with Crippen LogP contribution in [0, 0.1) is 0 Å². The second-order valence-electron chi connectivity index (χ2n) is 6.59. The van der Waals surface area contributed by atoms with Gasteiger partial charge in [0.15, 0.2) is 0 Å². The first-order valence-corrected chi connectivity index (χ1v) is 11.4. The summed E-state index contributed by atoms with van der Waals surface area (Å²) >= 11 is 1.28. The zero-order valence-electron chi connectivity index (χ0n) is 15.8. The molecule has 156 valence electrons. The number of benzene rings is 1. The Bertz CT molecular complexity index is 1130. The third-order valence-corrected chi connectivity index (χ3v) is 6.62. The predicted molar refractivity (Wildman–Crippen MR) is 109 cm³/mol. The molecule has 1 fully saturated rings. The number of aromatic nitrogens is 6. The fraction of sp³-hybridized carbons (Fsp3) is 0.294. The number of carbonyl (C=O) groups is 1. The normalized spacial score (nSPS) is 14.8. The summed E-state index contributed by atoms with van der Waals surface area (Å²) in [5.41, 5.74) is 0.476. The average molecular weight is 447 g/mol. The maximum absolute atomic E-state index is 12.5. The number of rotatable bonds is 8. The number of carbonyl (C=O) groups excluding carboxylic acids is 1. The minimum absolute atomic E-state index is 0.0192. The summed E-state index contributed by atoms with van der Waals surface area (Å²) in [6.45, 7) is 1.76. The molecule has 30 heavy (non-hydrogen) atoms. The van der Waals surface area contributed by atoms with E-state index in [2.05, 4.69) is 35.5 Å². The van der Waals surface area contributed by atoms with Crippen LogP contribution in [0.4, 0.5) is 11.6 Å². The molecule has 1 unspecified atom stereocenters. The molecule has 0 saturated heterocycles. The van der Waals surface area contributed by atoms with Gasteiger partial charge in [-0.3, -0.25) is 4.79 Å². The summed E-state index contributed by atoms with van der Waals surface area (Å²) in [5.74, 6) is -0.258. The number of thioether (sulfide) groups is 1. The highest BCUT2D eigenvalue weighted by molar-refractivity contribution is 8.00. The first kappa shape index (κ1) is 20.2. The van der Waals surface area contributed by atoms with E-state index < -0.39 is 15.3 Å². The molecule has 2 aromatic heterocycles. The van der Waals surface area contributed by atoms with Gasteiger partial charge in [-0.05, 0) is 60.5 Å². The van der Waals surface area contributed by atoms with Crippen molar-refractivity contribution in [2.75, 3.05) is 10.0 Å². The number of tetrazole rings is 1. The smallest absolute Gasteiger partial charge is 0.264 e. The van der Waals surface area contributed by atoms with E-state index in [1.807, 2.05) is 0 Å². The molecule has 4 rings (SSSR count). The highest BCUT2D eigenvalue weighted by Crippen LogP contribution is 2.37. The fourth-order valence-corrected chi connectivity index (χ4v) is 4.33. The predicted octanol–water partition coefficient (Wildman–Crippen LogP) is 1.72. The summed E-state index contributed by atoms with van der Waals surface area (Å²) in [7, 11) is -3.83. The van der Waals surface area contributed by atoms with Crippen LogP contribution in [0.1, 0.15) is 25.8 Å². The number of hydrogen-bond acceptors (Lipinski definition) is 9. The monoisotopic (exact) mass is 446 g/mol. The van der Waals surface area contributed by atoms with Gasteiger partial charge in [-0.15, -0.1) is 5.10 Å². The third-order valence-electron chi connectivity index (χ3n) is 4.23. The highest BCUT2D eigenvalue weighted by atomic mass is 32.2. The van der Waals surface area contributed by atoms with Crippen LogP contribution >= 0.6 is 11.8 Å². The number of sulfonamides is 1. The van der Waals surface area contributed by atoms with Gasteiger partial charge >= 0.3 is 0 Å². The quantitative estimate of drug-likeness (QED) is 0.494. The van der Waals surface area contributed by atoms with Crippen LogP contribution in [0.3, 0.4) is 0 Å². The largest absolute Gasteiger partial charge is 0.325 e. The molecule has 1 aliphatic rings. The molecule has 2 N–H and O–H groups in total. The number of nitrogens with one attached hydrogen (secondary N) is 2. The lowest BCUT2D eigenvalue weighted by Crippen LogP contribution is -2.23. The Morgan fingerprint density at radius 3 is 2.57 bits per heavy atom. The summed E-state index contributed by atoms with van der Waals surface area (Å²) in [5, 5.41) is 14.6. The van der Waals surface area contributed by atoms with Crippen LogP contribution in [-0.2, 0) is 14.8 Å². The van der Waals surface area contributed by atoms with Gasteiger partial charge in [0.05, 0.1) is 16.2 Å². The molecule has 2 heterocycles. The van der Waals surface area contributed by atoms with Gasteiger partial charge < -0.3 is 5.32 Å². The Morgan fingerprint density at radius 1 is 1.20 bits per heavy atom. The van der Waals surface area contributed by atoms with Crippen molar-refractivity contribution in [3.8, 4) is 0 Å². The Kier molecular flexibility index (Phi) is 5.63. The third kappa shape index (κ3) is 4.74. The van der Waals surface area contributed by atoms with Crippen molar-refractivity contribution in [3.05, 3.63) is 42.7 Å². The standard InChI is InChI=1S/C17H18N8O3S2/c1-11(29-17-21-23-24-25(17)13-5-6-13)15(26)20-12-3-7-14(8-4-12)30(27,28)22-16-18-9-2-10-19-16/h2-4,7-11,13H,5-6H2,1H3,(H,20,26)(H,18,19,22). The van der Waals surface area contributed by atoms with Crippen molar-refractivity contribution in [1.29, 1.82) is 0 Å². The molecule has 1 amide bonds. The number of hydrogen-bond donors (Lipinski definition) is 2.